The van der Waals surface area contributed by atoms with Gasteiger partial charge in [0.2, 0.25) is 0 Å². The molecule has 5 aliphatic rings. The maximum absolute atomic E-state index is 13.5. The van der Waals surface area contributed by atoms with Crippen molar-refractivity contribution >= 4 is 17.5 Å². The standard InChI is InChI=1S/C25H30N2OS/c28-23(25-13-17-10-18(14-25)12-19(11-17)15-25)16-29-24-26-21-8-4-5-9-22(21)27(24)20-6-2-1-3-7-20/h1-3,6-7,17-19H,4-5,8-16H2. The lowest BCUT2D eigenvalue weighted by atomic mass is 9.48. The highest BCUT2D eigenvalue weighted by atomic mass is 32.2. The highest BCUT2D eigenvalue weighted by Gasteiger charge is 2.54. The number of benzene rings is 1. The van der Waals surface area contributed by atoms with Crippen LogP contribution in [0, 0.1) is 23.2 Å². The fourth-order valence-electron chi connectivity index (χ4n) is 7.19. The molecule has 0 N–H and O–H groups in total. The molecule has 0 spiro atoms. The third-order valence-corrected chi connectivity index (χ3v) is 9.02. The number of nitrogens with zero attached hydrogens (tertiary/aromatic N) is 2. The molecule has 5 aliphatic carbocycles. The van der Waals surface area contributed by atoms with Crippen LogP contribution in [-0.2, 0) is 17.6 Å². The van der Waals surface area contributed by atoms with Crippen LogP contribution in [-0.4, -0.2) is 21.1 Å². The molecule has 29 heavy (non-hydrogen) atoms. The van der Waals surface area contributed by atoms with Gasteiger partial charge in [0.25, 0.3) is 0 Å². The van der Waals surface area contributed by atoms with Gasteiger partial charge in [0.15, 0.2) is 5.16 Å². The largest absolute Gasteiger partial charge is 0.298 e. The van der Waals surface area contributed by atoms with Gasteiger partial charge in [-0.3, -0.25) is 9.36 Å². The third-order valence-electron chi connectivity index (χ3n) is 8.08. The highest BCUT2D eigenvalue weighted by molar-refractivity contribution is 7.99. The number of carbonyl (C=O) groups excluding carboxylic acids is 1. The van der Waals surface area contributed by atoms with Crippen molar-refractivity contribution < 1.29 is 4.79 Å². The van der Waals surface area contributed by atoms with E-state index in [1.54, 1.807) is 11.8 Å². The van der Waals surface area contributed by atoms with E-state index in [4.69, 9.17) is 4.98 Å². The van der Waals surface area contributed by atoms with Gasteiger partial charge in [0.05, 0.1) is 11.4 Å². The SMILES string of the molecule is O=C(CSc1nc2c(n1-c1ccccc1)CCCC2)C12CC3CC(CC(C3)C1)C2. The molecule has 4 fully saturated rings. The van der Waals surface area contributed by atoms with E-state index in [9.17, 15) is 4.79 Å². The van der Waals surface area contributed by atoms with Crippen LogP contribution in [0.2, 0.25) is 0 Å². The summed E-state index contributed by atoms with van der Waals surface area (Å²) in [4.78, 5) is 18.5. The normalized spacial score (nSPS) is 32.3. The second-order valence-corrected chi connectivity index (χ2v) is 11.0. The third kappa shape index (κ3) is 3.10. The zero-order valence-electron chi connectivity index (χ0n) is 17.1. The Balaban J connectivity index is 1.27. The molecule has 0 saturated heterocycles. The molecule has 152 valence electrons. The van der Waals surface area contributed by atoms with Crippen LogP contribution in [0.4, 0.5) is 0 Å². The van der Waals surface area contributed by atoms with Gasteiger partial charge in [-0.1, -0.05) is 30.0 Å². The smallest absolute Gasteiger partial charge is 0.173 e. The number of Topliss-reactive ketones (excluding diaryl/α,β-unsaturated/α-hetero) is 1. The van der Waals surface area contributed by atoms with E-state index >= 15 is 0 Å². The Morgan fingerprint density at radius 2 is 1.66 bits per heavy atom. The van der Waals surface area contributed by atoms with Crippen LogP contribution in [0.15, 0.2) is 35.5 Å². The molecule has 0 amide bonds. The topological polar surface area (TPSA) is 34.9 Å². The second kappa shape index (κ2) is 7.01. The van der Waals surface area contributed by atoms with E-state index in [0.717, 1.165) is 35.8 Å². The first-order valence-corrected chi connectivity index (χ1v) is 12.5. The van der Waals surface area contributed by atoms with Gasteiger partial charge in [-0.25, -0.2) is 4.98 Å². The van der Waals surface area contributed by atoms with Crippen molar-refractivity contribution in [1.82, 2.24) is 9.55 Å². The van der Waals surface area contributed by atoms with Crippen LogP contribution in [0.3, 0.4) is 0 Å². The summed E-state index contributed by atoms with van der Waals surface area (Å²) in [7, 11) is 0. The van der Waals surface area contributed by atoms with E-state index in [2.05, 4.69) is 34.9 Å². The van der Waals surface area contributed by atoms with Crippen molar-refractivity contribution in [3.8, 4) is 5.69 Å². The minimum atomic E-state index is 0.00549. The summed E-state index contributed by atoms with van der Waals surface area (Å²) in [6, 6.07) is 10.6. The van der Waals surface area contributed by atoms with Crippen LogP contribution in [0.1, 0.15) is 62.8 Å². The lowest BCUT2D eigenvalue weighted by Crippen LogP contribution is -2.50. The van der Waals surface area contributed by atoms with Crippen LogP contribution in [0.25, 0.3) is 5.69 Å². The van der Waals surface area contributed by atoms with Gasteiger partial charge >= 0.3 is 0 Å². The first kappa shape index (κ1) is 18.2. The zero-order chi connectivity index (χ0) is 19.4. The van der Waals surface area contributed by atoms with Crippen molar-refractivity contribution in [2.75, 3.05) is 5.75 Å². The van der Waals surface area contributed by atoms with Crippen molar-refractivity contribution in [3.63, 3.8) is 0 Å². The summed E-state index contributed by atoms with van der Waals surface area (Å²) in [5, 5.41) is 1.03. The number of fused-ring (bicyclic) bond motifs is 1. The molecule has 4 bridgehead atoms. The summed E-state index contributed by atoms with van der Waals surface area (Å²) in [5.41, 5.74) is 3.82. The number of hydrogen-bond acceptors (Lipinski definition) is 3. The zero-order valence-corrected chi connectivity index (χ0v) is 17.9. The maximum Gasteiger partial charge on any atom is 0.173 e. The Bertz CT molecular complexity index is 897. The Morgan fingerprint density at radius 1 is 1.00 bits per heavy atom. The maximum atomic E-state index is 13.5. The number of carbonyl (C=O) groups is 1. The first-order valence-electron chi connectivity index (χ1n) is 11.5. The van der Waals surface area contributed by atoms with Crippen molar-refractivity contribution in [1.29, 1.82) is 0 Å². The van der Waals surface area contributed by atoms with Crippen LogP contribution >= 0.6 is 11.8 Å². The molecule has 2 aromatic rings. The Hall–Kier alpha value is -1.55. The van der Waals surface area contributed by atoms with Crippen molar-refractivity contribution in [2.24, 2.45) is 23.2 Å². The molecule has 0 aliphatic heterocycles. The summed E-state index contributed by atoms with van der Waals surface area (Å²) >= 11 is 1.69. The van der Waals surface area contributed by atoms with Gasteiger partial charge in [0, 0.05) is 16.8 Å². The Kier molecular flexibility index (Phi) is 4.41. The molecule has 1 aromatic carbocycles. The molecule has 0 unspecified atom stereocenters. The minimum Gasteiger partial charge on any atom is -0.298 e. The van der Waals surface area contributed by atoms with Gasteiger partial charge < -0.3 is 0 Å². The number of ketones is 1. The predicted octanol–water partition coefficient (Wildman–Crippen LogP) is 5.63. The monoisotopic (exact) mass is 406 g/mol. The second-order valence-electron chi connectivity index (χ2n) is 10.1. The summed E-state index contributed by atoms with van der Waals surface area (Å²) in [6.45, 7) is 0. The molecule has 1 heterocycles. The number of thioether (sulfide) groups is 1. The quantitative estimate of drug-likeness (QED) is 0.604. The minimum absolute atomic E-state index is 0.00549. The Morgan fingerprint density at radius 3 is 2.34 bits per heavy atom. The van der Waals surface area contributed by atoms with Crippen LogP contribution in [0.5, 0.6) is 0 Å². The average molecular weight is 407 g/mol. The van der Waals surface area contributed by atoms with Gasteiger partial charge in [-0.05, 0) is 94.1 Å². The van der Waals surface area contributed by atoms with E-state index in [1.165, 1.54) is 68.4 Å². The van der Waals surface area contributed by atoms with Crippen LogP contribution < -0.4 is 0 Å². The molecule has 3 nitrogen and oxygen atoms in total. The summed E-state index contributed by atoms with van der Waals surface area (Å²) < 4.78 is 2.34. The lowest BCUT2D eigenvalue weighted by Gasteiger charge is -2.56. The number of rotatable bonds is 5. The predicted molar refractivity (Wildman–Crippen MR) is 117 cm³/mol. The summed E-state index contributed by atoms with van der Waals surface area (Å²) in [6.07, 6.45) is 12.3. The number of para-hydroxylation sites is 1. The fourth-order valence-corrected chi connectivity index (χ4v) is 8.28. The van der Waals surface area contributed by atoms with E-state index in [0.29, 0.717) is 11.5 Å². The highest BCUT2D eigenvalue weighted by Crippen LogP contribution is 2.60. The van der Waals surface area contributed by atoms with E-state index in [-0.39, 0.29) is 5.41 Å². The first-order chi connectivity index (χ1) is 14.2. The fraction of sp³-hybridized carbons (Fsp3) is 0.600. The number of imidazole rings is 1. The lowest BCUT2D eigenvalue weighted by molar-refractivity contribution is -0.141. The van der Waals surface area contributed by atoms with Crippen molar-refractivity contribution in [2.45, 2.75) is 69.4 Å². The summed E-state index contributed by atoms with van der Waals surface area (Å²) in [5.74, 6) is 3.59. The molecule has 4 saturated carbocycles. The molecular formula is C25H30N2OS. The molecule has 1 aromatic heterocycles. The van der Waals surface area contributed by atoms with Gasteiger partial charge in [0.1, 0.15) is 5.78 Å². The molecule has 7 rings (SSSR count). The molecule has 0 atom stereocenters. The molecule has 0 radical (unpaired) electrons. The molecule has 4 heteroatoms. The Labute approximate surface area is 177 Å². The number of aryl methyl sites for hydroxylation is 1. The number of aromatic nitrogens is 2. The average Bonchev–Trinajstić information content (AvgIpc) is 3.10. The van der Waals surface area contributed by atoms with E-state index < -0.39 is 0 Å². The van der Waals surface area contributed by atoms with Gasteiger partial charge in [-0.15, -0.1) is 0 Å². The molecular weight excluding hydrogens is 376 g/mol. The number of hydrogen-bond donors (Lipinski definition) is 0. The van der Waals surface area contributed by atoms with Crippen molar-refractivity contribution in [3.05, 3.63) is 41.7 Å². The van der Waals surface area contributed by atoms with E-state index in [1.807, 2.05) is 0 Å². The van der Waals surface area contributed by atoms with Gasteiger partial charge in [-0.2, -0.15) is 0 Å².